The van der Waals surface area contributed by atoms with Crippen LogP contribution in [0.1, 0.15) is 15.9 Å². The maximum atomic E-state index is 12.1. The maximum Gasteiger partial charge on any atom is 0.255 e. The van der Waals surface area contributed by atoms with E-state index >= 15 is 0 Å². The average Bonchev–Trinajstić information content (AvgIpc) is 2.48. The van der Waals surface area contributed by atoms with Gasteiger partial charge in [0.1, 0.15) is 0 Å². The van der Waals surface area contributed by atoms with Crippen molar-refractivity contribution in [1.82, 2.24) is 9.88 Å². The molecule has 0 spiro atoms. The summed E-state index contributed by atoms with van der Waals surface area (Å²) in [6.07, 6.45) is 1.69. The average molecular weight is 285 g/mol. The van der Waals surface area contributed by atoms with E-state index in [0.717, 1.165) is 5.69 Å². The second kappa shape index (κ2) is 6.26. The number of hydrogen-bond donors (Lipinski definition) is 1. The predicted molar refractivity (Wildman–Crippen MR) is 83.6 cm³/mol. The summed E-state index contributed by atoms with van der Waals surface area (Å²) >= 11 is 0. The summed E-state index contributed by atoms with van der Waals surface area (Å²) in [5.74, 6) is -0.189. The molecule has 0 bridgehead atoms. The largest absolute Gasteiger partial charge is 0.378 e. The molecular formula is C16H19N3O2. The van der Waals surface area contributed by atoms with Gasteiger partial charge in [-0.05, 0) is 30.3 Å². The molecule has 1 N–H and O–H groups in total. The first kappa shape index (κ1) is 14.8. The number of anilines is 1. The Morgan fingerprint density at radius 2 is 1.86 bits per heavy atom. The number of carbonyl (C=O) groups is 1. The molecule has 21 heavy (non-hydrogen) atoms. The molecule has 0 aliphatic heterocycles. The SMILES string of the molecule is CN(C)c1ccc(C(=O)NCc2cccn(C)c2=O)cc1. The summed E-state index contributed by atoms with van der Waals surface area (Å²) in [5, 5.41) is 2.77. The maximum absolute atomic E-state index is 12.1. The Morgan fingerprint density at radius 1 is 1.19 bits per heavy atom. The van der Waals surface area contributed by atoms with Crippen LogP contribution in [0, 0.1) is 0 Å². The minimum Gasteiger partial charge on any atom is -0.378 e. The number of nitrogens with one attached hydrogen (secondary N) is 1. The van der Waals surface area contributed by atoms with Crippen molar-refractivity contribution in [3.8, 4) is 0 Å². The molecule has 2 aromatic rings. The lowest BCUT2D eigenvalue weighted by molar-refractivity contribution is 0.0950. The quantitative estimate of drug-likeness (QED) is 0.923. The van der Waals surface area contributed by atoms with E-state index in [1.54, 1.807) is 37.5 Å². The normalized spacial score (nSPS) is 10.2. The highest BCUT2D eigenvalue weighted by Gasteiger charge is 2.07. The van der Waals surface area contributed by atoms with Gasteiger partial charge < -0.3 is 14.8 Å². The summed E-state index contributed by atoms with van der Waals surface area (Å²) in [6, 6.07) is 10.8. The van der Waals surface area contributed by atoms with E-state index in [0.29, 0.717) is 11.1 Å². The van der Waals surface area contributed by atoms with Gasteiger partial charge in [0.2, 0.25) is 0 Å². The zero-order valence-corrected chi connectivity index (χ0v) is 12.5. The number of rotatable bonds is 4. The monoisotopic (exact) mass is 285 g/mol. The standard InChI is InChI=1S/C16H19N3O2/c1-18(2)14-8-6-12(7-9-14)15(20)17-11-13-5-4-10-19(3)16(13)21/h4-10H,11H2,1-3H3,(H,17,20). The third-order valence-corrected chi connectivity index (χ3v) is 3.29. The van der Waals surface area contributed by atoms with Gasteiger partial charge in [-0.1, -0.05) is 6.07 Å². The minimum atomic E-state index is -0.189. The van der Waals surface area contributed by atoms with Crippen LogP contribution < -0.4 is 15.8 Å². The Labute approximate surface area is 123 Å². The zero-order valence-electron chi connectivity index (χ0n) is 12.5. The molecule has 0 saturated carbocycles. The van der Waals surface area contributed by atoms with Gasteiger partial charge >= 0.3 is 0 Å². The van der Waals surface area contributed by atoms with E-state index < -0.39 is 0 Å². The van der Waals surface area contributed by atoms with Gasteiger partial charge in [0, 0.05) is 50.7 Å². The number of aromatic nitrogens is 1. The van der Waals surface area contributed by atoms with Crippen LogP contribution in [0.15, 0.2) is 47.4 Å². The number of carbonyl (C=O) groups excluding carboxylic acids is 1. The molecule has 5 nitrogen and oxygen atoms in total. The molecule has 2 rings (SSSR count). The van der Waals surface area contributed by atoms with Gasteiger partial charge in [-0.25, -0.2) is 0 Å². The molecule has 0 saturated heterocycles. The predicted octanol–water partition coefficient (Wildman–Crippen LogP) is 1.38. The fraction of sp³-hybridized carbons (Fsp3) is 0.250. The van der Waals surface area contributed by atoms with Gasteiger partial charge in [0.25, 0.3) is 11.5 Å². The lowest BCUT2D eigenvalue weighted by Gasteiger charge is -2.12. The molecule has 1 aromatic heterocycles. The van der Waals surface area contributed by atoms with Crippen molar-refractivity contribution in [2.75, 3.05) is 19.0 Å². The fourth-order valence-corrected chi connectivity index (χ4v) is 1.98. The van der Waals surface area contributed by atoms with E-state index in [9.17, 15) is 9.59 Å². The third-order valence-electron chi connectivity index (χ3n) is 3.29. The number of aryl methyl sites for hydroxylation is 1. The Hall–Kier alpha value is -2.56. The van der Waals surface area contributed by atoms with Crippen molar-refractivity contribution in [3.05, 3.63) is 64.1 Å². The van der Waals surface area contributed by atoms with Gasteiger partial charge in [0.15, 0.2) is 0 Å². The smallest absolute Gasteiger partial charge is 0.255 e. The van der Waals surface area contributed by atoms with Crippen molar-refractivity contribution < 1.29 is 4.79 Å². The molecule has 0 aliphatic rings. The number of benzene rings is 1. The Balaban J connectivity index is 2.05. The van der Waals surface area contributed by atoms with Crippen molar-refractivity contribution in [2.45, 2.75) is 6.54 Å². The number of amides is 1. The van der Waals surface area contributed by atoms with Crippen LogP contribution in [-0.2, 0) is 13.6 Å². The van der Waals surface area contributed by atoms with E-state index in [1.165, 1.54) is 4.57 Å². The van der Waals surface area contributed by atoms with Gasteiger partial charge in [0.05, 0.1) is 0 Å². The van der Waals surface area contributed by atoms with E-state index in [-0.39, 0.29) is 18.0 Å². The summed E-state index contributed by atoms with van der Waals surface area (Å²) < 4.78 is 1.49. The van der Waals surface area contributed by atoms with Crippen LogP contribution in [0.3, 0.4) is 0 Å². The lowest BCUT2D eigenvalue weighted by Crippen LogP contribution is -2.28. The molecule has 0 fully saturated rings. The van der Waals surface area contributed by atoms with Crippen LogP contribution in [0.25, 0.3) is 0 Å². The third kappa shape index (κ3) is 3.51. The minimum absolute atomic E-state index is 0.0965. The van der Waals surface area contributed by atoms with Gasteiger partial charge in [-0.3, -0.25) is 9.59 Å². The lowest BCUT2D eigenvalue weighted by atomic mass is 10.2. The molecule has 1 amide bonds. The first-order chi connectivity index (χ1) is 9.99. The van der Waals surface area contributed by atoms with Crippen LogP contribution in [-0.4, -0.2) is 24.6 Å². The summed E-state index contributed by atoms with van der Waals surface area (Å²) in [5.41, 5.74) is 2.08. The van der Waals surface area contributed by atoms with Crippen LogP contribution in [0.2, 0.25) is 0 Å². The van der Waals surface area contributed by atoms with Crippen LogP contribution in [0.4, 0.5) is 5.69 Å². The van der Waals surface area contributed by atoms with E-state index in [1.807, 2.05) is 31.1 Å². The Bertz CT molecular complexity index is 687. The number of pyridine rings is 1. The molecule has 0 unspecified atom stereocenters. The van der Waals surface area contributed by atoms with Gasteiger partial charge in [-0.2, -0.15) is 0 Å². The first-order valence-corrected chi connectivity index (χ1v) is 6.69. The summed E-state index contributed by atoms with van der Waals surface area (Å²) in [7, 11) is 5.58. The summed E-state index contributed by atoms with van der Waals surface area (Å²) in [4.78, 5) is 25.9. The summed E-state index contributed by atoms with van der Waals surface area (Å²) in [6.45, 7) is 0.224. The Kier molecular flexibility index (Phi) is 4.42. The highest BCUT2D eigenvalue weighted by Crippen LogP contribution is 2.12. The van der Waals surface area contributed by atoms with Crippen molar-refractivity contribution >= 4 is 11.6 Å². The molecule has 5 heteroatoms. The van der Waals surface area contributed by atoms with Crippen molar-refractivity contribution in [1.29, 1.82) is 0 Å². The molecule has 0 radical (unpaired) electrons. The van der Waals surface area contributed by atoms with Crippen LogP contribution in [0.5, 0.6) is 0 Å². The number of hydrogen-bond acceptors (Lipinski definition) is 3. The van der Waals surface area contributed by atoms with Crippen LogP contribution >= 0.6 is 0 Å². The highest BCUT2D eigenvalue weighted by atomic mass is 16.2. The molecule has 0 atom stereocenters. The first-order valence-electron chi connectivity index (χ1n) is 6.69. The van der Waals surface area contributed by atoms with Gasteiger partial charge in [-0.15, -0.1) is 0 Å². The molecule has 110 valence electrons. The second-order valence-corrected chi connectivity index (χ2v) is 5.07. The van der Waals surface area contributed by atoms with E-state index in [4.69, 9.17) is 0 Å². The zero-order chi connectivity index (χ0) is 15.4. The highest BCUT2D eigenvalue weighted by molar-refractivity contribution is 5.94. The Morgan fingerprint density at radius 3 is 2.48 bits per heavy atom. The second-order valence-electron chi connectivity index (χ2n) is 5.07. The fourth-order valence-electron chi connectivity index (χ4n) is 1.98. The van der Waals surface area contributed by atoms with E-state index in [2.05, 4.69) is 5.32 Å². The molecule has 1 heterocycles. The molecule has 1 aromatic carbocycles. The van der Waals surface area contributed by atoms with Crippen molar-refractivity contribution in [2.24, 2.45) is 7.05 Å². The topological polar surface area (TPSA) is 54.3 Å². The number of nitrogens with zero attached hydrogens (tertiary/aromatic N) is 2. The van der Waals surface area contributed by atoms with Crippen molar-refractivity contribution in [3.63, 3.8) is 0 Å². The molecule has 0 aliphatic carbocycles. The molecular weight excluding hydrogens is 266 g/mol.